The average molecular weight is 473 g/mol. The van der Waals surface area contributed by atoms with Crippen LogP contribution in [0.25, 0.3) is 5.69 Å². The fourth-order valence-corrected chi connectivity index (χ4v) is 3.26. The van der Waals surface area contributed by atoms with Gasteiger partial charge in [0.1, 0.15) is 5.82 Å². The maximum absolute atomic E-state index is 12.6. The molecule has 2 amide bonds. The second-order valence-electron chi connectivity index (χ2n) is 8.49. The summed E-state index contributed by atoms with van der Waals surface area (Å²) in [5.41, 5.74) is 2.26. The van der Waals surface area contributed by atoms with Crippen LogP contribution in [-0.2, 0) is 21.5 Å². The summed E-state index contributed by atoms with van der Waals surface area (Å²) in [6.07, 6.45) is 0.143. The molecule has 0 bridgehead atoms. The Labute approximate surface area is 197 Å². The van der Waals surface area contributed by atoms with Gasteiger partial charge in [-0.25, -0.2) is 4.68 Å². The van der Waals surface area contributed by atoms with Crippen molar-refractivity contribution in [1.29, 1.82) is 0 Å². The summed E-state index contributed by atoms with van der Waals surface area (Å²) >= 11 is 12.2. The van der Waals surface area contributed by atoms with Crippen molar-refractivity contribution in [3.63, 3.8) is 0 Å². The Morgan fingerprint density at radius 3 is 2.28 bits per heavy atom. The van der Waals surface area contributed by atoms with Gasteiger partial charge < -0.3 is 10.6 Å². The second kappa shape index (κ2) is 10.2. The molecule has 3 aromatic rings. The minimum Gasteiger partial charge on any atom is -0.352 e. The molecule has 1 aromatic heterocycles. The molecule has 32 heavy (non-hydrogen) atoms. The molecule has 168 valence electrons. The van der Waals surface area contributed by atoms with Gasteiger partial charge in [-0.15, -0.1) is 0 Å². The van der Waals surface area contributed by atoms with Gasteiger partial charge >= 0.3 is 0 Å². The molecule has 0 atom stereocenters. The minimum absolute atomic E-state index is 0.0536. The van der Waals surface area contributed by atoms with Gasteiger partial charge in [0.2, 0.25) is 11.8 Å². The van der Waals surface area contributed by atoms with Crippen LogP contribution in [0.2, 0.25) is 10.0 Å². The van der Waals surface area contributed by atoms with Gasteiger partial charge in [-0.3, -0.25) is 9.59 Å². The summed E-state index contributed by atoms with van der Waals surface area (Å²) < 4.78 is 1.62. The van der Waals surface area contributed by atoms with Crippen LogP contribution in [0.5, 0.6) is 0 Å². The first kappa shape index (κ1) is 23.8. The van der Waals surface area contributed by atoms with E-state index in [1.165, 1.54) is 0 Å². The molecular weight excluding hydrogens is 447 g/mol. The fourth-order valence-electron chi connectivity index (χ4n) is 2.97. The van der Waals surface area contributed by atoms with E-state index in [2.05, 4.69) is 15.7 Å². The molecule has 2 N–H and O–H groups in total. The number of carbonyl (C=O) groups excluding carboxylic acids is 2. The molecule has 0 radical (unpaired) electrons. The number of rotatable bonds is 7. The number of carbonyl (C=O) groups is 2. The third kappa shape index (κ3) is 6.34. The van der Waals surface area contributed by atoms with Crippen LogP contribution in [0.15, 0.2) is 54.6 Å². The molecule has 1 heterocycles. The summed E-state index contributed by atoms with van der Waals surface area (Å²) in [5, 5.41) is 11.2. The van der Waals surface area contributed by atoms with Gasteiger partial charge in [-0.2, -0.15) is 5.10 Å². The van der Waals surface area contributed by atoms with Gasteiger partial charge in [0.25, 0.3) is 0 Å². The van der Waals surface area contributed by atoms with E-state index in [1.54, 1.807) is 22.9 Å². The molecule has 0 unspecified atom stereocenters. The Hall–Kier alpha value is -2.83. The van der Waals surface area contributed by atoms with Crippen molar-refractivity contribution < 1.29 is 9.59 Å². The maximum Gasteiger partial charge on any atom is 0.226 e. The molecule has 0 fully saturated rings. The molecule has 6 nitrogen and oxygen atoms in total. The second-order valence-corrected chi connectivity index (χ2v) is 9.30. The molecule has 0 saturated heterocycles. The van der Waals surface area contributed by atoms with Crippen LogP contribution < -0.4 is 10.6 Å². The molecule has 8 heteroatoms. The number of nitrogens with zero attached hydrogens (tertiary/aromatic N) is 2. The van der Waals surface area contributed by atoms with Crippen molar-refractivity contribution in [2.75, 3.05) is 5.32 Å². The fraction of sp³-hybridized carbons (Fsp3) is 0.292. The minimum atomic E-state index is -0.276. The number of hydrogen-bond acceptors (Lipinski definition) is 3. The highest BCUT2D eigenvalue weighted by Gasteiger charge is 2.22. The van der Waals surface area contributed by atoms with Crippen molar-refractivity contribution in [2.45, 2.75) is 45.6 Å². The quantitative estimate of drug-likeness (QED) is 0.475. The Morgan fingerprint density at radius 2 is 1.62 bits per heavy atom. The van der Waals surface area contributed by atoms with Gasteiger partial charge in [0.05, 0.1) is 21.4 Å². The van der Waals surface area contributed by atoms with Crippen LogP contribution in [0.3, 0.4) is 0 Å². The first-order valence-corrected chi connectivity index (χ1v) is 11.1. The van der Waals surface area contributed by atoms with Gasteiger partial charge in [0, 0.05) is 30.9 Å². The zero-order chi connectivity index (χ0) is 23.3. The van der Waals surface area contributed by atoms with E-state index in [9.17, 15) is 9.59 Å². The number of hydrogen-bond donors (Lipinski definition) is 2. The Bertz CT molecular complexity index is 1100. The summed E-state index contributed by atoms with van der Waals surface area (Å²) in [5.74, 6) is 0.0434. The van der Waals surface area contributed by atoms with Crippen LogP contribution >= 0.6 is 23.2 Å². The lowest BCUT2D eigenvalue weighted by Crippen LogP contribution is -2.24. The lowest BCUT2D eigenvalue weighted by molar-refractivity contribution is -0.124. The van der Waals surface area contributed by atoms with E-state index < -0.39 is 0 Å². The number of halogens is 2. The topological polar surface area (TPSA) is 76.0 Å². The molecule has 0 aliphatic rings. The van der Waals surface area contributed by atoms with Crippen LogP contribution in [0.1, 0.15) is 44.9 Å². The monoisotopic (exact) mass is 472 g/mol. The molecule has 0 saturated carbocycles. The molecular formula is C24H26Cl2N4O2. The smallest absolute Gasteiger partial charge is 0.226 e. The largest absolute Gasteiger partial charge is 0.352 e. The highest BCUT2D eigenvalue weighted by molar-refractivity contribution is 6.42. The molecule has 0 aliphatic heterocycles. The third-order valence-electron chi connectivity index (χ3n) is 4.80. The van der Waals surface area contributed by atoms with Crippen molar-refractivity contribution in [3.05, 3.63) is 75.9 Å². The highest BCUT2D eigenvalue weighted by Crippen LogP contribution is 2.29. The third-order valence-corrected chi connectivity index (χ3v) is 5.54. The average Bonchev–Trinajstić information content (AvgIpc) is 3.17. The number of aromatic nitrogens is 2. The number of benzene rings is 2. The van der Waals surface area contributed by atoms with Gasteiger partial charge in [0.15, 0.2) is 0 Å². The van der Waals surface area contributed by atoms with E-state index >= 15 is 0 Å². The lowest BCUT2D eigenvalue weighted by Gasteiger charge is -2.14. The van der Waals surface area contributed by atoms with Crippen molar-refractivity contribution >= 4 is 40.8 Å². The van der Waals surface area contributed by atoms with Gasteiger partial charge in [-0.05, 0) is 23.8 Å². The van der Waals surface area contributed by atoms with Crippen molar-refractivity contribution in [2.24, 2.45) is 0 Å². The lowest BCUT2D eigenvalue weighted by atomic mass is 9.92. The Kier molecular flexibility index (Phi) is 7.59. The van der Waals surface area contributed by atoms with E-state index in [1.807, 2.05) is 57.2 Å². The summed E-state index contributed by atoms with van der Waals surface area (Å²) in [6, 6.07) is 16.6. The van der Waals surface area contributed by atoms with Crippen LogP contribution in [0.4, 0.5) is 5.82 Å². The zero-order valence-electron chi connectivity index (χ0n) is 18.3. The maximum atomic E-state index is 12.6. The number of amides is 2. The summed E-state index contributed by atoms with van der Waals surface area (Å²) in [4.78, 5) is 24.7. The van der Waals surface area contributed by atoms with Crippen molar-refractivity contribution in [1.82, 2.24) is 15.1 Å². The van der Waals surface area contributed by atoms with Crippen LogP contribution in [-0.4, -0.2) is 21.6 Å². The zero-order valence-corrected chi connectivity index (χ0v) is 19.8. The molecule has 2 aromatic carbocycles. The van der Waals surface area contributed by atoms with E-state index in [0.717, 1.165) is 11.3 Å². The standard InChI is InChI=1S/C24H26Cl2N4O2/c1-24(2,3)20-14-21(30(29-20)17-9-10-18(25)19(26)13-17)28-23(32)12-11-22(31)27-15-16-7-5-4-6-8-16/h4-10,13-14H,11-12,15H2,1-3H3,(H,27,31)(H,28,32). The summed E-state index contributed by atoms with van der Waals surface area (Å²) in [6.45, 7) is 6.55. The number of anilines is 1. The SMILES string of the molecule is CC(C)(C)c1cc(NC(=O)CCC(=O)NCc2ccccc2)n(-c2ccc(Cl)c(Cl)c2)n1. The molecule has 0 aliphatic carbocycles. The first-order chi connectivity index (χ1) is 15.1. The molecule has 3 rings (SSSR count). The highest BCUT2D eigenvalue weighted by atomic mass is 35.5. The van der Waals surface area contributed by atoms with E-state index in [4.69, 9.17) is 23.2 Å². The molecule has 0 spiro atoms. The van der Waals surface area contributed by atoms with Gasteiger partial charge in [-0.1, -0.05) is 74.3 Å². The Morgan fingerprint density at radius 1 is 0.938 bits per heavy atom. The predicted molar refractivity (Wildman–Crippen MR) is 128 cm³/mol. The van der Waals surface area contributed by atoms with E-state index in [-0.39, 0.29) is 30.1 Å². The Balaban J connectivity index is 1.67. The first-order valence-electron chi connectivity index (χ1n) is 10.3. The van der Waals surface area contributed by atoms with Crippen molar-refractivity contribution in [3.8, 4) is 5.69 Å². The van der Waals surface area contributed by atoms with E-state index in [0.29, 0.717) is 28.1 Å². The predicted octanol–water partition coefficient (Wildman–Crippen LogP) is 5.51. The summed E-state index contributed by atoms with van der Waals surface area (Å²) in [7, 11) is 0. The van der Waals surface area contributed by atoms with Crippen LogP contribution in [0, 0.1) is 0 Å². The normalized spacial score (nSPS) is 11.3. The number of nitrogens with one attached hydrogen (secondary N) is 2.